The number of benzene rings is 1. The van der Waals surface area contributed by atoms with Gasteiger partial charge in [-0.05, 0) is 56.6 Å². The zero-order valence-electron chi connectivity index (χ0n) is 21.2. The monoisotopic (exact) mass is 517 g/mol. The molecule has 0 bridgehead atoms. The van der Waals surface area contributed by atoms with Crippen LogP contribution in [-0.2, 0) is 10.0 Å². The van der Waals surface area contributed by atoms with Gasteiger partial charge in [0.25, 0.3) is 10.0 Å². The summed E-state index contributed by atoms with van der Waals surface area (Å²) in [6.07, 6.45) is 3.02. The number of pyridine rings is 1. The van der Waals surface area contributed by atoms with Crippen LogP contribution in [0.15, 0.2) is 40.7 Å². The van der Waals surface area contributed by atoms with E-state index in [1.165, 1.54) is 23.5 Å². The number of piperidine rings is 1. The second kappa shape index (κ2) is 10.6. The fourth-order valence-corrected chi connectivity index (χ4v) is 5.88. The molecule has 0 saturated carbocycles. The number of hydrogen-bond donors (Lipinski definition) is 0. The maximum Gasteiger partial charge on any atom is 0.258 e. The maximum absolute atomic E-state index is 14.6. The third-order valence-corrected chi connectivity index (χ3v) is 8.41. The van der Waals surface area contributed by atoms with E-state index in [1.807, 2.05) is 27.9 Å². The summed E-state index contributed by atoms with van der Waals surface area (Å²) in [5, 5.41) is 7.98. The van der Waals surface area contributed by atoms with Gasteiger partial charge < -0.3 is 14.4 Å². The van der Waals surface area contributed by atoms with Crippen LogP contribution in [0.3, 0.4) is 0 Å². The lowest BCUT2D eigenvalue weighted by Gasteiger charge is -2.34. The van der Waals surface area contributed by atoms with Crippen molar-refractivity contribution in [1.82, 2.24) is 14.2 Å². The first-order valence-electron chi connectivity index (χ1n) is 11.9. The maximum atomic E-state index is 14.6. The standard InChI is InChI=1S/C25H32FN5O4S/c1-16(2)20-13-18(26)14-21(17-6-9-27-22(12-17)34-5)25(20)35-23-15-24(29-28-23)36(32,33)31-10-7-19(8-11-31)30(3)4/h6,9,12-14,16,19H,7-8,10-11,15H2,1-5H3. The molecule has 0 N–H and O–H groups in total. The summed E-state index contributed by atoms with van der Waals surface area (Å²) in [5.74, 6) is 0.446. The van der Waals surface area contributed by atoms with Gasteiger partial charge in [-0.1, -0.05) is 13.8 Å². The lowest BCUT2D eigenvalue weighted by atomic mass is 9.95. The molecule has 2 aliphatic heterocycles. The molecular formula is C25H32FN5O4S. The van der Waals surface area contributed by atoms with Crippen LogP contribution >= 0.6 is 0 Å². The first-order chi connectivity index (χ1) is 17.1. The molecule has 11 heteroatoms. The van der Waals surface area contributed by atoms with Gasteiger partial charge in [-0.3, -0.25) is 0 Å². The van der Waals surface area contributed by atoms with Crippen molar-refractivity contribution in [3.63, 3.8) is 0 Å². The van der Waals surface area contributed by atoms with Crippen LogP contribution in [0, 0.1) is 5.82 Å². The molecule has 1 saturated heterocycles. The fourth-order valence-electron chi connectivity index (χ4n) is 4.44. The molecule has 4 rings (SSSR count). The van der Waals surface area contributed by atoms with Gasteiger partial charge in [0.1, 0.15) is 11.6 Å². The van der Waals surface area contributed by atoms with E-state index >= 15 is 0 Å². The fraction of sp³-hybridized carbons (Fsp3) is 0.480. The number of ether oxygens (including phenoxy) is 2. The van der Waals surface area contributed by atoms with Gasteiger partial charge in [0.2, 0.25) is 11.8 Å². The summed E-state index contributed by atoms with van der Waals surface area (Å²) in [4.78, 5) is 6.24. The van der Waals surface area contributed by atoms with Gasteiger partial charge >= 0.3 is 0 Å². The highest BCUT2D eigenvalue weighted by molar-refractivity contribution is 8.04. The average Bonchev–Trinajstić information content (AvgIpc) is 3.34. The molecular weight excluding hydrogens is 485 g/mol. The largest absolute Gasteiger partial charge is 0.481 e. The van der Waals surface area contributed by atoms with E-state index in [2.05, 4.69) is 20.1 Å². The summed E-state index contributed by atoms with van der Waals surface area (Å²) in [6, 6.07) is 6.57. The summed E-state index contributed by atoms with van der Waals surface area (Å²) in [5.41, 5.74) is 1.77. The van der Waals surface area contributed by atoms with Gasteiger partial charge in [-0.25, -0.2) is 17.8 Å². The molecule has 194 valence electrons. The first kappa shape index (κ1) is 26.2. The summed E-state index contributed by atoms with van der Waals surface area (Å²) in [6.45, 7) is 4.73. The third-order valence-electron chi connectivity index (χ3n) is 6.55. The first-order valence-corrected chi connectivity index (χ1v) is 13.4. The van der Waals surface area contributed by atoms with E-state index in [4.69, 9.17) is 9.47 Å². The van der Waals surface area contributed by atoms with Crippen LogP contribution in [0.5, 0.6) is 11.6 Å². The third kappa shape index (κ3) is 5.42. The minimum Gasteiger partial charge on any atom is -0.481 e. The highest BCUT2D eigenvalue weighted by Gasteiger charge is 2.36. The average molecular weight is 518 g/mol. The number of rotatable bonds is 6. The van der Waals surface area contributed by atoms with E-state index in [0.717, 1.165) is 12.8 Å². The van der Waals surface area contributed by atoms with Crippen molar-refractivity contribution >= 4 is 21.0 Å². The van der Waals surface area contributed by atoms with Crippen molar-refractivity contribution in [3.05, 3.63) is 41.8 Å². The van der Waals surface area contributed by atoms with Crippen LogP contribution in [-0.4, -0.2) is 73.9 Å². The molecule has 3 heterocycles. The Bertz CT molecular complexity index is 1290. The Hall–Kier alpha value is -2.89. The smallest absolute Gasteiger partial charge is 0.258 e. The normalized spacial score (nSPS) is 17.4. The molecule has 0 amide bonds. The topological polar surface area (TPSA) is 96.7 Å². The summed E-state index contributed by atoms with van der Waals surface area (Å²) >= 11 is 0. The van der Waals surface area contributed by atoms with Crippen LogP contribution in [0.25, 0.3) is 11.1 Å². The van der Waals surface area contributed by atoms with Crippen molar-refractivity contribution in [2.75, 3.05) is 34.3 Å². The minimum absolute atomic E-state index is 0.0406. The van der Waals surface area contributed by atoms with Gasteiger partial charge in [-0.15, -0.1) is 10.2 Å². The Morgan fingerprint density at radius 3 is 2.50 bits per heavy atom. The quantitative estimate of drug-likeness (QED) is 0.577. The van der Waals surface area contributed by atoms with Crippen molar-refractivity contribution in [1.29, 1.82) is 0 Å². The highest BCUT2D eigenvalue weighted by Crippen LogP contribution is 2.39. The van der Waals surface area contributed by atoms with Crippen LogP contribution in [0.2, 0.25) is 0 Å². The molecule has 0 atom stereocenters. The molecule has 9 nitrogen and oxygen atoms in total. The van der Waals surface area contributed by atoms with E-state index in [9.17, 15) is 12.8 Å². The Balaban J connectivity index is 1.57. The van der Waals surface area contributed by atoms with Crippen molar-refractivity contribution in [2.45, 2.75) is 45.1 Å². The van der Waals surface area contributed by atoms with Crippen molar-refractivity contribution < 1.29 is 22.3 Å². The summed E-state index contributed by atoms with van der Waals surface area (Å²) in [7, 11) is 1.76. The predicted molar refractivity (Wildman–Crippen MR) is 138 cm³/mol. The SMILES string of the molecule is COc1cc(-c2cc(F)cc(C(C)C)c2OC2=NN=C(S(=O)(=O)N3CCC(N(C)C)CC3)C2)ccn1. The minimum atomic E-state index is -3.76. The van der Waals surface area contributed by atoms with Crippen LogP contribution in [0.1, 0.15) is 44.6 Å². The highest BCUT2D eigenvalue weighted by atomic mass is 32.2. The molecule has 1 fully saturated rings. The van der Waals surface area contributed by atoms with Gasteiger partial charge in [-0.2, -0.15) is 4.31 Å². The molecule has 0 aliphatic carbocycles. The Kier molecular flexibility index (Phi) is 7.72. The second-order valence-electron chi connectivity index (χ2n) is 9.48. The molecule has 1 aromatic carbocycles. The number of halogens is 1. The van der Waals surface area contributed by atoms with Crippen LogP contribution in [0.4, 0.5) is 4.39 Å². The second-order valence-corrected chi connectivity index (χ2v) is 11.4. The van der Waals surface area contributed by atoms with E-state index < -0.39 is 15.8 Å². The molecule has 2 aliphatic rings. The van der Waals surface area contributed by atoms with Crippen molar-refractivity contribution in [3.8, 4) is 22.8 Å². The Morgan fingerprint density at radius 2 is 1.86 bits per heavy atom. The molecule has 36 heavy (non-hydrogen) atoms. The van der Waals surface area contributed by atoms with E-state index in [1.54, 1.807) is 18.3 Å². The van der Waals surface area contributed by atoms with Gasteiger partial charge in [0.05, 0.1) is 13.5 Å². The molecule has 0 unspecified atom stereocenters. The van der Waals surface area contributed by atoms with Gasteiger partial charge in [0.15, 0.2) is 5.04 Å². The number of aromatic nitrogens is 1. The molecule has 2 aromatic rings. The van der Waals surface area contributed by atoms with Crippen LogP contribution < -0.4 is 9.47 Å². The lowest BCUT2D eigenvalue weighted by Crippen LogP contribution is -2.46. The number of hydrogen-bond acceptors (Lipinski definition) is 8. The van der Waals surface area contributed by atoms with E-state index in [-0.39, 0.29) is 23.3 Å². The molecule has 1 aromatic heterocycles. The zero-order valence-corrected chi connectivity index (χ0v) is 22.0. The van der Waals surface area contributed by atoms with Gasteiger partial charge in [0, 0.05) is 42.5 Å². The number of nitrogens with zero attached hydrogens (tertiary/aromatic N) is 5. The lowest BCUT2D eigenvalue weighted by molar-refractivity contribution is 0.198. The van der Waals surface area contributed by atoms with Crippen molar-refractivity contribution in [2.24, 2.45) is 10.2 Å². The number of sulfonamides is 1. The van der Waals surface area contributed by atoms with E-state index in [0.29, 0.717) is 47.5 Å². The Labute approximate surface area is 211 Å². The Morgan fingerprint density at radius 1 is 1.14 bits per heavy atom. The zero-order chi connectivity index (χ0) is 26.0. The number of methoxy groups -OCH3 is 1. The summed E-state index contributed by atoms with van der Waals surface area (Å²) < 4.78 is 53.9. The molecule has 0 radical (unpaired) electrons. The molecule has 0 spiro atoms. The predicted octanol–water partition coefficient (Wildman–Crippen LogP) is 3.87.